The van der Waals surface area contributed by atoms with Crippen molar-refractivity contribution in [1.29, 1.82) is 0 Å². The van der Waals surface area contributed by atoms with E-state index in [1.54, 1.807) is 0 Å². The van der Waals surface area contributed by atoms with E-state index >= 15 is 0 Å². The van der Waals surface area contributed by atoms with Gasteiger partial charge in [0, 0.05) is 25.4 Å². The highest BCUT2D eigenvalue weighted by Gasteiger charge is 2.40. The summed E-state index contributed by atoms with van der Waals surface area (Å²) in [7, 11) is 1.50. The number of hydrogen-bond acceptors (Lipinski definition) is 8. The van der Waals surface area contributed by atoms with Crippen molar-refractivity contribution in [1.82, 2.24) is 0 Å². The van der Waals surface area contributed by atoms with E-state index in [1.165, 1.54) is 7.11 Å². The summed E-state index contributed by atoms with van der Waals surface area (Å²) >= 11 is 0. The van der Waals surface area contributed by atoms with Gasteiger partial charge >= 0.3 is 12.3 Å². The lowest BCUT2D eigenvalue weighted by Crippen LogP contribution is -2.33. The van der Waals surface area contributed by atoms with Crippen molar-refractivity contribution in [2.75, 3.05) is 26.9 Å². The normalized spacial score (nSPS) is 19.9. The largest absolute Gasteiger partial charge is 0.508 e. The summed E-state index contributed by atoms with van der Waals surface area (Å²) in [4.78, 5) is 25.5. The molecule has 0 saturated carbocycles. The Morgan fingerprint density at radius 2 is 1.02 bits per heavy atom. The van der Waals surface area contributed by atoms with Gasteiger partial charge in [0.05, 0.1) is 0 Å². The van der Waals surface area contributed by atoms with Crippen molar-refractivity contribution in [3.05, 3.63) is 119 Å². The Bertz CT molecular complexity index is 1590. The SMILES string of the molecule is COC1C[C@H](OC(=O)OCC2c3ccccc3-c3ccccc32)[C@@H](COC(=O)OCC2c3ccccc3-c3ccccc32)O1. The second-order valence-electron chi connectivity index (χ2n) is 11.1. The quantitative estimate of drug-likeness (QED) is 0.201. The molecule has 1 unspecified atom stereocenters. The van der Waals surface area contributed by atoms with Crippen LogP contribution in [-0.2, 0) is 28.4 Å². The molecule has 8 heteroatoms. The lowest BCUT2D eigenvalue weighted by Gasteiger charge is -2.20. The molecule has 0 N–H and O–H groups in total. The molecule has 1 saturated heterocycles. The van der Waals surface area contributed by atoms with Gasteiger partial charge in [-0.15, -0.1) is 0 Å². The van der Waals surface area contributed by atoms with Gasteiger partial charge in [-0.1, -0.05) is 97.1 Å². The third kappa shape index (κ3) is 5.31. The molecule has 2 aliphatic carbocycles. The minimum atomic E-state index is -0.823. The summed E-state index contributed by atoms with van der Waals surface area (Å²) < 4.78 is 33.4. The first-order valence-corrected chi connectivity index (χ1v) is 14.8. The molecule has 1 aliphatic heterocycles. The molecular formula is C36H32O8. The van der Waals surface area contributed by atoms with Crippen LogP contribution in [0.4, 0.5) is 9.59 Å². The molecule has 3 atom stereocenters. The van der Waals surface area contributed by atoms with E-state index in [0.717, 1.165) is 44.5 Å². The Kier molecular flexibility index (Phi) is 7.77. The lowest BCUT2D eigenvalue weighted by molar-refractivity contribution is -0.131. The van der Waals surface area contributed by atoms with Gasteiger partial charge in [-0.05, 0) is 44.5 Å². The maximum atomic E-state index is 12.8. The van der Waals surface area contributed by atoms with Gasteiger partial charge in [0.1, 0.15) is 32.0 Å². The maximum Gasteiger partial charge on any atom is 0.508 e. The van der Waals surface area contributed by atoms with Gasteiger partial charge < -0.3 is 28.4 Å². The minimum absolute atomic E-state index is 0.0831. The fourth-order valence-corrected chi connectivity index (χ4v) is 6.63. The van der Waals surface area contributed by atoms with E-state index < -0.39 is 30.8 Å². The van der Waals surface area contributed by atoms with E-state index in [9.17, 15) is 9.59 Å². The topological polar surface area (TPSA) is 89.5 Å². The summed E-state index contributed by atoms with van der Waals surface area (Å²) in [6.45, 7) is 0.103. The number of hydrogen-bond donors (Lipinski definition) is 0. The number of benzene rings is 4. The molecule has 0 aromatic heterocycles. The molecule has 1 fully saturated rings. The fraction of sp³-hybridized carbons (Fsp3) is 0.278. The number of carbonyl (C=O) groups is 2. The van der Waals surface area contributed by atoms with Crippen molar-refractivity contribution in [2.45, 2.75) is 36.8 Å². The van der Waals surface area contributed by atoms with Crippen LogP contribution in [0.25, 0.3) is 22.3 Å². The standard InChI is InChI=1S/C36H32O8/c1-39-34-18-32(44-36(38)41-20-31-28-16-8-4-12-24(28)25-13-5-9-17-29(25)31)33(43-34)21-42-35(37)40-19-30-26-14-6-2-10-22(26)23-11-3-7-15-27(23)30/h2-17,30-34H,18-21H2,1H3/t32-,33+,34?/m0/s1. The average molecular weight is 593 g/mol. The molecule has 224 valence electrons. The zero-order valence-corrected chi connectivity index (χ0v) is 24.2. The van der Waals surface area contributed by atoms with E-state index in [0.29, 0.717) is 0 Å². The molecule has 7 rings (SSSR count). The molecule has 0 amide bonds. The van der Waals surface area contributed by atoms with E-state index in [-0.39, 0.29) is 38.1 Å². The number of ether oxygens (including phenoxy) is 6. The molecular weight excluding hydrogens is 560 g/mol. The maximum absolute atomic E-state index is 12.8. The van der Waals surface area contributed by atoms with E-state index in [4.69, 9.17) is 28.4 Å². The zero-order valence-electron chi connectivity index (χ0n) is 24.2. The number of fused-ring (bicyclic) bond motifs is 6. The summed E-state index contributed by atoms with van der Waals surface area (Å²) in [5.41, 5.74) is 9.01. The van der Waals surface area contributed by atoms with E-state index in [1.807, 2.05) is 48.5 Å². The van der Waals surface area contributed by atoms with Gasteiger partial charge in [-0.2, -0.15) is 0 Å². The van der Waals surface area contributed by atoms with Crippen molar-refractivity contribution in [3.63, 3.8) is 0 Å². The summed E-state index contributed by atoms with van der Waals surface area (Å²) in [5.74, 6) is -0.172. The number of methoxy groups -OCH3 is 1. The highest BCUT2D eigenvalue weighted by molar-refractivity contribution is 5.80. The summed E-state index contributed by atoms with van der Waals surface area (Å²) in [5, 5.41) is 0. The molecule has 44 heavy (non-hydrogen) atoms. The number of rotatable bonds is 8. The molecule has 0 radical (unpaired) electrons. The predicted molar refractivity (Wildman–Crippen MR) is 161 cm³/mol. The molecule has 8 nitrogen and oxygen atoms in total. The smallest absolute Gasteiger partial charge is 0.433 e. The lowest BCUT2D eigenvalue weighted by atomic mass is 9.98. The zero-order chi connectivity index (χ0) is 30.0. The minimum Gasteiger partial charge on any atom is -0.433 e. The van der Waals surface area contributed by atoms with Crippen molar-refractivity contribution in [2.24, 2.45) is 0 Å². The van der Waals surface area contributed by atoms with Crippen LogP contribution in [0.5, 0.6) is 0 Å². The van der Waals surface area contributed by atoms with Crippen LogP contribution in [0, 0.1) is 0 Å². The van der Waals surface area contributed by atoms with Gasteiger partial charge in [0.2, 0.25) is 0 Å². The molecule has 1 heterocycles. The Morgan fingerprint density at radius 3 is 1.48 bits per heavy atom. The predicted octanol–water partition coefficient (Wildman–Crippen LogP) is 7.05. The van der Waals surface area contributed by atoms with E-state index in [2.05, 4.69) is 48.5 Å². The Hall–Kier alpha value is -4.66. The third-order valence-electron chi connectivity index (χ3n) is 8.70. The van der Waals surface area contributed by atoms with Gasteiger partial charge in [0.25, 0.3) is 0 Å². The molecule has 0 bridgehead atoms. The monoisotopic (exact) mass is 592 g/mol. The van der Waals surface area contributed by atoms with Gasteiger partial charge in [0.15, 0.2) is 6.29 Å². The molecule has 0 spiro atoms. The fourth-order valence-electron chi connectivity index (χ4n) is 6.63. The second-order valence-corrected chi connectivity index (χ2v) is 11.1. The van der Waals surface area contributed by atoms with Crippen LogP contribution in [0.15, 0.2) is 97.1 Å². The molecule has 4 aromatic rings. The second kappa shape index (κ2) is 12.1. The van der Waals surface area contributed by atoms with Crippen molar-refractivity contribution in [3.8, 4) is 22.3 Å². The van der Waals surface area contributed by atoms with Crippen LogP contribution in [-0.4, -0.2) is 57.7 Å². The summed E-state index contributed by atoms with van der Waals surface area (Å²) in [6, 6.07) is 32.5. The Balaban J connectivity index is 0.936. The highest BCUT2D eigenvalue weighted by Crippen LogP contribution is 2.45. The number of carbonyl (C=O) groups excluding carboxylic acids is 2. The van der Waals surface area contributed by atoms with Crippen LogP contribution in [0.3, 0.4) is 0 Å². The molecule has 3 aliphatic rings. The first kappa shape index (κ1) is 28.1. The first-order valence-electron chi connectivity index (χ1n) is 14.8. The Labute approximate surface area is 255 Å². The van der Waals surface area contributed by atoms with Crippen LogP contribution in [0.2, 0.25) is 0 Å². The molecule has 4 aromatic carbocycles. The van der Waals surface area contributed by atoms with Crippen LogP contribution < -0.4 is 0 Å². The average Bonchev–Trinajstić information content (AvgIpc) is 3.71. The van der Waals surface area contributed by atoms with Crippen molar-refractivity contribution >= 4 is 12.3 Å². The first-order chi connectivity index (χ1) is 21.6. The third-order valence-corrected chi connectivity index (χ3v) is 8.70. The van der Waals surface area contributed by atoms with Gasteiger partial charge in [-0.25, -0.2) is 9.59 Å². The van der Waals surface area contributed by atoms with Crippen LogP contribution >= 0.6 is 0 Å². The Morgan fingerprint density at radius 1 is 0.614 bits per heavy atom. The van der Waals surface area contributed by atoms with Crippen molar-refractivity contribution < 1.29 is 38.0 Å². The summed E-state index contributed by atoms with van der Waals surface area (Å²) in [6.07, 6.45) is -3.44. The highest BCUT2D eigenvalue weighted by atomic mass is 16.8. The van der Waals surface area contributed by atoms with Gasteiger partial charge in [-0.3, -0.25) is 0 Å². The van der Waals surface area contributed by atoms with Crippen LogP contribution in [0.1, 0.15) is 40.5 Å².